The second kappa shape index (κ2) is 7.58. The molecule has 0 saturated carbocycles. The van der Waals surface area contributed by atoms with E-state index >= 15 is 0 Å². The molecule has 6 heteroatoms. The van der Waals surface area contributed by atoms with Gasteiger partial charge in [0.1, 0.15) is 0 Å². The predicted molar refractivity (Wildman–Crippen MR) is 88.2 cm³/mol. The van der Waals surface area contributed by atoms with Crippen molar-refractivity contribution in [1.29, 1.82) is 0 Å². The van der Waals surface area contributed by atoms with E-state index in [1.165, 1.54) is 5.56 Å². The molecule has 1 fully saturated rings. The zero-order valence-corrected chi connectivity index (χ0v) is 14.3. The maximum absolute atomic E-state index is 12.6. The number of sulfonamides is 1. The van der Waals surface area contributed by atoms with Gasteiger partial charge in [-0.25, -0.2) is 8.42 Å². The predicted octanol–water partition coefficient (Wildman–Crippen LogP) is 2.42. The van der Waals surface area contributed by atoms with Gasteiger partial charge < -0.3 is 5.73 Å². The lowest BCUT2D eigenvalue weighted by atomic mass is 10.0. The van der Waals surface area contributed by atoms with Crippen LogP contribution in [0.3, 0.4) is 0 Å². The summed E-state index contributed by atoms with van der Waals surface area (Å²) in [6.07, 6.45) is 2.73. The Labute approximate surface area is 134 Å². The van der Waals surface area contributed by atoms with Crippen molar-refractivity contribution in [2.75, 3.05) is 13.1 Å². The average molecular weight is 333 g/mol. The van der Waals surface area contributed by atoms with Crippen LogP contribution in [0.4, 0.5) is 0 Å². The van der Waals surface area contributed by atoms with Crippen molar-refractivity contribution >= 4 is 22.4 Å². The van der Waals surface area contributed by atoms with Gasteiger partial charge in [0.15, 0.2) is 0 Å². The van der Waals surface area contributed by atoms with Crippen LogP contribution >= 0.6 is 12.4 Å². The van der Waals surface area contributed by atoms with Crippen molar-refractivity contribution in [2.24, 2.45) is 11.7 Å². The molecule has 4 nitrogen and oxygen atoms in total. The lowest BCUT2D eigenvalue weighted by Gasteiger charge is -2.23. The van der Waals surface area contributed by atoms with E-state index in [0.717, 1.165) is 19.3 Å². The summed E-state index contributed by atoms with van der Waals surface area (Å²) in [7, 11) is -3.39. The van der Waals surface area contributed by atoms with Gasteiger partial charge in [-0.3, -0.25) is 0 Å². The molecule has 21 heavy (non-hydrogen) atoms. The average Bonchev–Trinajstić information content (AvgIpc) is 2.87. The van der Waals surface area contributed by atoms with E-state index in [1.807, 2.05) is 12.1 Å². The number of halogens is 1. The van der Waals surface area contributed by atoms with Gasteiger partial charge in [0.25, 0.3) is 0 Å². The molecule has 0 spiro atoms. The van der Waals surface area contributed by atoms with Crippen LogP contribution in [-0.2, 0) is 16.4 Å². The second-order valence-electron chi connectivity index (χ2n) is 5.89. The molecule has 0 radical (unpaired) electrons. The van der Waals surface area contributed by atoms with Gasteiger partial charge in [0.2, 0.25) is 10.0 Å². The van der Waals surface area contributed by atoms with Crippen LogP contribution in [0.25, 0.3) is 0 Å². The fourth-order valence-electron chi connectivity index (χ4n) is 2.77. The highest BCUT2D eigenvalue weighted by Crippen LogP contribution is 2.25. The zero-order valence-electron chi connectivity index (χ0n) is 12.7. The van der Waals surface area contributed by atoms with Crippen LogP contribution in [0.1, 0.15) is 32.3 Å². The largest absolute Gasteiger partial charge is 0.329 e. The Morgan fingerprint density at radius 1 is 1.29 bits per heavy atom. The van der Waals surface area contributed by atoms with Crippen molar-refractivity contribution in [3.8, 4) is 0 Å². The summed E-state index contributed by atoms with van der Waals surface area (Å²) in [5.41, 5.74) is 6.85. The molecule has 1 atom stereocenters. The third-order valence-corrected chi connectivity index (χ3v) is 5.74. The Bertz CT molecular complexity index is 543. The SMILES string of the molecule is CC(C)Cc1ccc(S(=O)(=O)N2CCCC2CN)cc1.Cl. The van der Waals surface area contributed by atoms with Crippen LogP contribution in [0.15, 0.2) is 29.2 Å². The lowest BCUT2D eigenvalue weighted by Crippen LogP contribution is -2.39. The molecule has 0 amide bonds. The Balaban J connectivity index is 0.00000220. The van der Waals surface area contributed by atoms with Crippen LogP contribution in [0.5, 0.6) is 0 Å². The minimum absolute atomic E-state index is 0. The van der Waals surface area contributed by atoms with Crippen molar-refractivity contribution in [2.45, 2.75) is 44.0 Å². The molecule has 2 N–H and O–H groups in total. The van der Waals surface area contributed by atoms with Crippen molar-refractivity contribution in [1.82, 2.24) is 4.31 Å². The molecule has 1 heterocycles. The van der Waals surface area contributed by atoms with Crippen LogP contribution in [-0.4, -0.2) is 31.9 Å². The lowest BCUT2D eigenvalue weighted by molar-refractivity contribution is 0.393. The van der Waals surface area contributed by atoms with Gasteiger partial charge in [-0.1, -0.05) is 26.0 Å². The summed E-state index contributed by atoms with van der Waals surface area (Å²) in [4.78, 5) is 0.380. The highest BCUT2D eigenvalue weighted by atomic mass is 35.5. The molecule has 1 saturated heterocycles. The summed E-state index contributed by atoms with van der Waals surface area (Å²) in [5.74, 6) is 0.567. The van der Waals surface area contributed by atoms with Crippen LogP contribution < -0.4 is 5.73 Å². The molecule has 120 valence electrons. The molecule has 0 aliphatic carbocycles. The van der Waals surface area contributed by atoms with Crippen molar-refractivity contribution < 1.29 is 8.42 Å². The third-order valence-electron chi connectivity index (χ3n) is 3.77. The van der Waals surface area contributed by atoms with Gasteiger partial charge in [-0.05, 0) is 42.9 Å². The van der Waals surface area contributed by atoms with E-state index < -0.39 is 10.0 Å². The molecule has 0 aromatic heterocycles. The number of hydrogen-bond acceptors (Lipinski definition) is 3. The minimum Gasteiger partial charge on any atom is -0.329 e. The smallest absolute Gasteiger partial charge is 0.243 e. The van der Waals surface area contributed by atoms with E-state index in [4.69, 9.17) is 5.73 Å². The highest BCUT2D eigenvalue weighted by Gasteiger charge is 2.34. The first-order valence-corrected chi connectivity index (χ1v) is 8.70. The van der Waals surface area contributed by atoms with Gasteiger partial charge in [-0.2, -0.15) is 4.31 Å². The quantitative estimate of drug-likeness (QED) is 0.900. The van der Waals surface area contributed by atoms with E-state index in [0.29, 0.717) is 23.9 Å². The van der Waals surface area contributed by atoms with Gasteiger partial charge in [0.05, 0.1) is 4.90 Å². The maximum Gasteiger partial charge on any atom is 0.243 e. The van der Waals surface area contributed by atoms with Crippen molar-refractivity contribution in [3.05, 3.63) is 29.8 Å². The molecule has 0 bridgehead atoms. The fraction of sp³-hybridized carbons (Fsp3) is 0.600. The Morgan fingerprint density at radius 2 is 1.90 bits per heavy atom. The topological polar surface area (TPSA) is 63.4 Å². The highest BCUT2D eigenvalue weighted by molar-refractivity contribution is 7.89. The van der Waals surface area contributed by atoms with Crippen LogP contribution in [0.2, 0.25) is 0 Å². The number of rotatable bonds is 5. The van der Waals surface area contributed by atoms with E-state index in [2.05, 4.69) is 13.8 Å². The summed E-state index contributed by atoms with van der Waals surface area (Å²) >= 11 is 0. The molecule has 2 rings (SSSR count). The molecule has 1 aliphatic rings. The third kappa shape index (κ3) is 4.19. The number of nitrogens with zero attached hydrogens (tertiary/aromatic N) is 1. The first kappa shape index (κ1) is 18.4. The van der Waals surface area contributed by atoms with Crippen LogP contribution in [0, 0.1) is 5.92 Å². The van der Waals surface area contributed by atoms with E-state index in [-0.39, 0.29) is 18.4 Å². The number of hydrogen-bond donors (Lipinski definition) is 1. The molecule has 1 aliphatic heterocycles. The second-order valence-corrected chi connectivity index (χ2v) is 7.78. The summed E-state index contributed by atoms with van der Waals surface area (Å²) in [6.45, 7) is 5.28. The van der Waals surface area contributed by atoms with Gasteiger partial charge in [0, 0.05) is 19.1 Å². The number of benzene rings is 1. The summed E-state index contributed by atoms with van der Waals surface area (Å²) < 4.78 is 26.8. The first-order chi connectivity index (χ1) is 9.45. The normalized spacial score (nSPS) is 19.7. The minimum atomic E-state index is -3.39. The van der Waals surface area contributed by atoms with Gasteiger partial charge in [-0.15, -0.1) is 12.4 Å². The molecule has 1 aromatic rings. The summed E-state index contributed by atoms with van der Waals surface area (Å²) in [5, 5.41) is 0. The first-order valence-electron chi connectivity index (χ1n) is 7.26. The number of nitrogens with two attached hydrogens (primary N) is 1. The molecular weight excluding hydrogens is 308 g/mol. The standard InChI is InChI=1S/C15H24N2O2S.ClH/c1-12(2)10-13-5-7-15(8-6-13)20(18,19)17-9-3-4-14(17)11-16;/h5-8,12,14H,3-4,9-11,16H2,1-2H3;1H. The molecule has 1 aromatic carbocycles. The van der Waals surface area contributed by atoms with E-state index in [9.17, 15) is 8.42 Å². The fourth-order valence-corrected chi connectivity index (χ4v) is 4.47. The Morgan fingerprint density at radius 3 is 2.43 bits per heavy atom. The maximum atomic E-state index is 12.6. The Hall–Kier alpha value is -0.620. The molecular formula is C15H25ClN2O2S. The van der Waals surface area contributed by atoms with Crippen molar-refractivity contribution in [3.63, 3.8) is 0 Å². The summed E-state index contributed by atoms with van der Waals surface area (Å²) in [6, 6.07) is 7.23. The molecule has 1 unspecified atom stereocenters. The van der Waals surface area contributed by atoms with Gasteiger partial charge >= 0.3 is 0 Å². The van der Waals surface area contributed by atoms with E-state index in [1.54, 1.807) is 16.4 Å². The zero-order chi connectivity index (χ0) is 14.8. The Kier molecular flexibility index (Phi) is 6.66. The monoisotopic (exact) mass is 332 g/mol.